The molecule has 0 bridgehead atoms. The number of hydrogen-bond acceptors (Lipinski definition) is 5. The molecule has 0 aliphatic carbocycles. The molecule has 158 valence electrons. The van der Waals surface area contributed by atoms with Gasteiger partial charge < -0.3 is 19.8 Å². The second kappa shape index (κ2) is 8.96. The number of carbonyl (C=O) groups is 1. The van der Waals surface area contributed by atoms with E-state index in [2.05, 4.69) is 15.3 Å². The molecule has 1 unspecified atom stereocenters. The van der Waals surface area contributed by atoms with Crippen molar-refractivity contribution in [2.45, 2.75) is 52.0 Å². The lowest BCUT2D eigenvalue weighted by molar-refractivity contribution is -0.114. The van der Waals surface area contributed by atoms with Gasteiger partial charge >= 0.3 is 0 Å². The molecule has 1 aliphatic heterocycles. The molecule has 1 aliphatic rings. The van der Waals surface area contributed by atoms with Crippen molar-refractivity contribution in [1.29, 1.82) is 0 Å². The molecule has 1 saturated heterocycles. The van der Waals surface area contributed by atoms with Gasteiger partial charge in [-0.15, -0.1) is 0 Å². The highest BCUT2D eigenvalue weighted by atomic mass is 16.5. The van der Waals surface area contributed by atoms with Crippen LogP contribution in [0.1, 0.15) is 45.1 Å². The number of aromatic nitrogens is 3. The zero-order valence-electron chi connectivity index (χ0n) is 17.8. The zero-order valence-corrected chi connectivity index (χ0v) is 17.8. The van der Waals surface area contributed by atoms with Gasteiger partial charge in [-0.1, -0.05) is 20.3 Å². The lowest BCUT2D eigenvalue weighted by Crippen LogP contribution is -2.35. The summed E-state index contributed by atoms with van der Waals surface area (Å²) in [4.78, 5) is 23.8. The maximum atomic E-state index is 11.3. The van der Waals surface area contributed by atoms with E-state index in [1.165, 1.54) is 19.3 Å². The Bertz CT molecular complexity index is 988. The first kappa shape index (κ1) is 20.5. The molecule has 3 aromatic rings. The lowest BCUT2D eigenvalue weighted by Gasteiger charge is -2.23. The minimum atomic E-state index is -0.432. The van der Waals surface area contributed by atoms with Crippen LogP contribution in [0.3, 0.4) is 0 Å². The Balaban J connectivity index is 1.43. The van der Waals surface area contributed by atoms with Gasteiger partial charge in [-0.3, -0.25) is 0 Å². The summed E-state index contributed by atoms with van der Waals surface area (Å²) in [5.41, 5.74) is 3.94. The number of fused-ring (bicyclic) bond motifs is 1. The highest BCUT2D eigenvalue weighted by molar-refractivity contribution is 5.78. The van der Waals surface area contributed by atoms with Crippen LogP contribution in [-0.4, -0.2) is 40.4 Å². The molecule has 3 heterocycles. The molecule has 6 nitrogen and oxygen atoms in total. The van der Waals surface area contributed by atoms with Crippen LogP contribution < -0.4 is 10.1 Å². The van der Waals surface area contributed by atoms with Crippen molar-refractivity contribution in [3.05, 3.63) is 42.2 Å². The van der Waals surface area contributed by atoms with Gasteiger partial charge in [0, 0.05) is 23.2 Å². The Hall–Kier alpha value is -2.73. The summed E-state index contributed by atoms with van der Waals surface area (Å²) in [6.45, 7) is 5.71. The van der Waals surface area contributed by atoms with E-state index in [4.69, 9.17) is 9.72 Å². The van der Waals surface area contributed by atoms with E-state index in [-0.39, 0.29) is 0 Å². The van der Waals surface area contributed by atoms with Crippen LogP contribution in [-0.2, 0) is 11.2 Å². The maximum Gasteiger partial charge on any atom is 0.156 e. The molecule has 0 saturated carbocycles. The summed E-state index contributed by atoms with van der Waals surface area (Å²) in [6.07, 6.45) is 10.2. The Morgan fingerprint density at radius 2 is 2.07 bits per heavy atom. The summed E-state index contributed by atoms with van der Waals surface area (Å²) < 4.78 is 5.93. The van der Waals surface area contributed by atoms with Crippen molar-refractivity contribution in [2.24, 2.45) is 5.41 Å². The molecule has 1 atom stereocenters. The van der Waals surface area contributed by atoms with Crippen molar-refractivity contribution in [1.82, 2.24) is 20.3 Å². The van der Waals surface area contributed by atoms with Crippen LogP contribution in [0, 0.1) is 5.41 Å². The minimum absolute atomic E-state index is 0.432. The number of aromatic amines is 1. The van der Waals surface area contributed by atoms with Gasteiger partial charge in [0.15, 0.2) is 5.65 Å². The number of aldehydes is 1. The number of benzene rings is 1. The topological polar surface area (TPSA) is 79.9 Å². The third-order valence-corrected chi connectivity index (χ3v) is 5.72. The SMILES string of the molecule is CC(C)(C=O)Cc1c[nH]c2ncc(-c3ccc(OCCC4CCCCN4)cc3)nc12. The van der Waals surface area contributed by atoms with E-state index in [9.17, 15) is 4.79 Å². The number of rotatable bonds is 8. The van der Waals surface area contributed by atoms with Gasteiger partial charge in [-0.2, -0.15) is 0 Å². The van der Waals surface area contributed by atoms with Crippen LogP contribution in [0.4, 0.5) is 0 Å². The van der Waals surface area contributed by atoms with E-state index < -0.39 is 5.41 Å². The molecule has 0 amide bonds. The highest BCUT2D eigenvalue weighted by Gasteiger charge is 2.20. The predicted molar refractivity (Wildman–Crippen MR) is 119 cm³/mol. The van der Waals surface area contributed by atoms with E-state index in [0.29, 0.717) is 12.5 Å². The summed E-state index contributed by atoms with van der Waals surface area (Å²) >= 11 is 0. The van der Waals surface area contributed by atoms with Crippen LogP contribution in [0.2, 0.25) is 0 Å². The molecular formula is C24H30N4O2. The van der Waals surface area contributed by atoms with E-state index in [0.717, 1.165) is 59.6 Å². The van der Waals surface area contributed by atoms with E-state index in [1.54, 1.807) is 6.20 Å². The van der Waals surface area contributed by atoms with E-state index >= 15 is 0 Å². The first-order valence-electron chi connectivity index (χ1n) is 10.8. The predicted octanol–water partition coefficient (Wildman–Crippen LogP) is 4.30. The third-order valence-electron chi connectivity index (χ3n) is 5.72. The van der Waals surface area contributed by atoms with Crippen molar-refractivity contribution in [2.75, 3.05) is 13.2 Å². The van der Waals surface area contributed by atoms with Gasteiger partial charge in [0.05, 0.1) is 18.5 Å². The lowest BCUT2D eigenvalue weighted by atomic mass is 9.88. The quantitative estimate of drug-likeness (QED) is 0.545. The Labute approximate surface area is 177 Å². The van der Waals surface area contributed by atoms with Gasteiger partial charge in [-0.25, -0.2) is 9.97 Å². The van der Waals surface area contributed by atoms with Crippen LogP contribution in [0.25, 0.3) is 22.4 Å². The molecular weight excluding hydrogens is 376 g/mol. The Morgan fingerprint density at radius 1 is 1.23 bits per heavy atom. The summed E-state index contributed by atoms with van der Waals surface area (Å²) in [5.74, 6) is 0.874. The first-order chi connectivity index (χ1) is 14.5. The van der Waals surface area contributed by atoms with Crippen molar-refractivity contribution >= 4 is 17.5 Å². The number of H-pyrrole nitrogens is 1. The number of nitrogens with one attached hydrogen (secondary N) is 2. The van der Waals surface area contributed by atoms with Crippen LogP contribution in [0.15, 0.2) is 36.7 Å². The maximum absolute atomic E-state index is 11.3. The molecule has 1 fully saturated rings. The number of hydrogen-bond donors (Lipinski definition) is 2. The van der Waals surface area contributed by atoms with Crippen LogP contribution in [0.5, 0.6) is 5.75 Å². The average molecular weight is 407 g/mol. The minimum Gasteiger partial charge on any atom is -0.494 e. The smallest absolute Gasteiger partial charge is 0.156 e. The molecule has 0 spiro atoms. The molecule has 6 heteroatoms. The number of ether oxygens (including phenoxy) is 1. The monoisotopic (exact) mass is 406 g/mol. The number of nitrogens with zero attached hydrogens (tertiary/aromatic N) is 2. The summed E-state index contributed by atoms with van der Waals surface area (Å²) in [5, 5.41) is 3.55. The van der Waals surface area contributed by atoms with Crippen molar-refractivity contribution < 1.29 is 9.53 Å². The Morgan fingerprint density at radius 3 is 2.80 bits per heavy atom. The standard InChI is InChI=1S/C24H30N4O2/c1-24(2,16-29)13-18-14-26-23-22(18)28-21(15-27-23)17-6-8-20(9-7-17)30-12-10-19-5-3-4-11-25-19/h6-9,14-16,19,25H,3-5,10-13H2,1-2H3,(H,26,27). The van der Waals surface area contributed by atoms with Gasteiger partial charge in [-0.05, 0) is 62.1 Å². The van der Waals surface area contributed by atoms with Crippen molar-refractivity contribution in [3.63, 3.8) is 0 Å². The molecule has 1 aromatic carbocycles. The van der Waals surface area contributed by atoms with Gasteiger partial charge in [0.25, 0.3) is 0 Å². The second-order valence-corrected chi connectivity index (χ2v) is 8.86. The first-order valence-corrected chi connectivity index (χ1v) is 10.8. The van der Waals surface area contributed by atoms with Gasteiger partial charge in [0.1, 0.15) is 17.6 Å². The van der Waals surface area contributed by atoms with Crippen molar-refractivity contribution in [3.8, 4) is 17.0 Å². The second-order valence-electron chi connectivity index (χ2n) is 8.86. The number of carbonyl (C=O) groups excluding carboxylic acids is 1. The summed E-state index contributed by atoms with van der Waals surface area (Å²) in [6, 6.07) is 8.60. The average Bonchev–Trinajstić information content (AvgIpc) is 3.16. The molecule has 2 N–H and O–H groups in total. The van der Waals surface area contributed by atoms with Gasteiger partial charge in [0.2, 0.25) is 0 Å². The normalized spacial score (nSPS) is 17.2. The Kier molecular flexibility index (Phi) is 6.13. The molecule has 4 rings (SSSR count). The third kappa shape index (κ3) is 4.87. The van der Waals surface area contributed by atoms with Crippen LogP contribution >= 0.6 is 0 Å². The fraction of sp³-hybridized carbons (Fsp3) is 0.458. The fourth-order valence-electron chi connectivity index (χ4n) is 3.96. The summed E-state index contributed by atoms with van der Waals surface area (Å²) in [7, 11) is 0. The van der Waals surface area contributed by atoms with E-state index in [1.807, 2.05) is 44.3 Å². The fourth-order valence-corrected chi connectivity index (χ4v) is 3.96. The zero-order chi connectivity index (χ0) is 21.0. The molecule has 0 radical (unpaired) electrons. The number of piperidine rings is 1. The highest BCUT2D eigenvalue weighted by Crippen LogP contribution is 2.27. The molecule has 2 aromatic heterocycles. The molecule has 30 heavy (non-hydrogen) atoms. The largest absolute Gasteiger partial charge is 0.494 e.